The average Bonchev–Trinajstić information content (AvgIpc) is 2.49. The highest BCUT2D eigenvalue weighted by Crippen LogP contribution is 2.11. The number of hydrogen-bond donors (Lipinski definition) is 3. The van der Waals surface area contributed by atoms with Crippen LogP contribution in [0.25, 0.3) is 0 Å². The molecule has 23 heavy (non-hydrogen) atoms. The van der Waals surface area contributed by atoms with E-state index in [9.17, 15) is 14.4 Å². The lowest BCUT2D eigenvalue weighted by Crippen LogP contribution is -3.11. The Balaban J connectivity index is 2.65. The number of urea groups is 1. The van der Waals surface area contributed by atoms with Crippen LogP contribution in [-0.2, 0) is 9.59 Å². The molecule has 1 rings (SSSR count). The Hall–Kier alpha value is -1.76. The zero-order chi connectivity index (χ0) is 17.4. The zero-order valence-corrected chi connectivity index (χ0v) is 14.6. The Labute approximate surface area is 137 Å². The molecule has 0 aliphatic carbocycles. The summed E-state index contributed by atoms with van der Waals surface area (Å²) in [5.41, 5.74) is 0.537. The van der Waals surface area contributed by atoms with E-state index in [1.807, 2.05) is 13.8 Å². The summed E-state index contributed by atoms with van der Waals surface area (Å²) in [4.78, 5) is 41.0. The number of rotatable bonds is 9. The van der Waals surface area contributed by atoms with Crippen molar-refractivity contribution < 1.29 is 19.3 Å². The molecule has 1 aliphatic rings. The fourth-order valence-corrected chi connectivity index (χ4v) is 2.79. The van der Waals surface area contributed by atoms with Crippen molar-refractivity contribution in [2.24, 2.45) is 10.9 Å². The largest absolute Gasteiger partial charge is 0.335 e. The van der Waals surface area contributed by atoms with Crippen LogP contribution in [0.2, 0.25) is 0 Å². The summed E-state index contributed by atoms with van der Waals surface area (Å²) >= 11 is 0. The van der Waals surface area contributed by atoms with Gasteiger partial charge in [-0.2, -0.15) is 0 Å². The van der Waals surface area contributed by atoms with Gasteiger partial charge < -0.3 is 4.90 Å². The van der Waals surface area contributed by atoms with Crippen LogP contribution in [0.15, 0.2) is 4.99 Å². The van der Waals surface area contributed by atoms with Crippen molar-refractivity contribution >= 4 is 23.6 Å². The van der Waals surface area contributed by atoms with E-state index in [0.29, 0.717) is 12.1 Å². The molecule has 1 heterocycles. The molecule has 0 spiro atoms. The number of quaternary nitrogens is 1. The minimum Gasteiger partial charge on any atom is -0.335 e. The molecule has 0 bridgehead atoms. The monoisotopic (exact) mass is 325 g/mol. The Morgan fingerprint density at radius 3 is 2.17 bits per heavy atom. The lowest BCUT2D eigenvalue weighted by Gasteiger charge is -2.22. The molecule has 0 unspecified atom stereocenters. The van der Waals surface area contributed by atoms with Crippen molar-refractivity contribution in [3.63, 3.8) is 0 Å². The molecule has 7 heteroatoms. The van der Waals surface area contributed by atoms with Gasteiger partial charge in [-0.15, -0.1) is 0 Å². The molecule has 130 valence electrons. The van der Waals surface area contributed by atoms with E-state index in [1.54, 1.807) is 4.90 Å². The second kappa shape index (κ2) is 9.39. The number of nitrogens with zero attached hydrogens (tertiary/aromatic N) is 1. The molecule has 1 aliphatic heterocycles. The number of aliphatic imine (C=N–C) groups is 1. The topological polar surface area (TPSA) is 92.1 Å². The Morgan fingerprint density at radius 2 is 1.70 bits per heavy atom. The number of amides is 4. The van der Waals surface area contributed by atoms with Gasteiger partial charge in [0.15, 0.2) is 5.92 Å². The predicted octanol–water partition coefficient (Wildman–Crippen LogP) is -0.0870. The van der Waals surface area contributed by atoms with E-state index in [4.69, 9.17) is 0 Å². The summed E-state index contributed by atoms with van der Waals surface area (Å²) in [7, 11) is 0. The zero-order valence-electron chi connectivity index (χ0n) is 14.6. The van der Waals surface area contributed by atoms with Gasteiger partial charge in [-0.1, -0.05) is 6.92 Å². The summed E-state index contributed by atoms with van der Waals surface area (Å²) in [6.45, 7) is 11.6. The molecular weight excluding hydrogens is 296 g/mol. The molecule has 4 amide bonds. The minimum absolute atomic E-state index is 0.0538. The lowest BCUT2D eigenvalue weighted by atomic mass is 9.97. The van der Waals surface area contributed by atoms with Crippen LogP contribution in [0, 0.1) is 5.92 Å². The van der Waals surface area contributed by atoms with Gasteiger partial charge >= 0.3 is 6.03 Å². The van der Waals surface area contributed by atoms with E-state index < -0.39 is 23.8 Å². The summed E-state index contributed by atoms with van der Waals surface area (Å²) in [6.07, 6.45) is 2.48. The number of carbonyl (C=O) groups is 3. The standard InChI is InChI=1S/C16H28N4O3/c1-5-12(13-14(21)18-16(23)19-15(13)22)17-11(4)9-8-10-20(6-2)7-3/h11,13H,5-10H2,1-4H3,(H2,18,19,21,22,23)/p+1/t11-/m1/s1. The number of barbiturate groups is 1. The number of hydrogen-bond acceptors (Lipinski definition) is 4. The van der Waals surface area contributed by atoms with E-state index in [2.05, 4.69) is 29.5 Å². The molecule has 0 saturated carbocycles. The number of carbonyl (C=O) groups excluding carboxylic acids is 3. The van der Waals surface area contributed by atoms with E-state index in [-0.39, 0.29) is 6.04 Å². The lowest BCUT2D eigenvalue weighted by molar-refractivity contribution is -0.896. The molecule has 0 aromatic rings. The van der Waals surface area contributed by atoms with Crippen LogP contribution in [0.3, 0.4) is 0 Å². The van der Waals surface area contributed by atoms with Crippen molar-refractivity contribution in [2.75, 3.05) is 19.6 Å². The maximum Gasteiger partial charge on any atom is 0.328 e. The number of imide groups is 2. The van der Waals surface area contributed by atoms with Gasteiger partial charge in [-0.05, 0) is 40.0 Å². The molecule has 1 saturated heterocycles. The average molecular weight is 325 g/mol. The Morgan fingerprint density at radius 1 is 1.13 bits per heavy atom. The maximum absolute atomic E-state index is 11.9. The first-order valence-electron chi connectivity index (χ1n) is 8.48. The maximum atomic E-state index is 11.9. The first-order chi connectivity index (χ1) is 10.9. The first kappa shape index (κ1) is 19.3. The fraction of sp³-hybridized carbons (Fsp3) is 0.750. The smallest absolute Gasteiger partial charge is 0.328 e. The van der Waals surface area contributed by atoms with Gasteiger partial charge in [0.25, 0.3) is 0 Å². The normalized spacial score (nSPS) is 18.1. The summed E-state index contributed by atoms with van der Waals surface area (Å²) in [5.74, 6) is -2.16. The molecule has 0 radical (unpaired) electrons. The SMILES string of the molecule is CCC(=N[C@H](C)CCC[NH+](CC)CC)C1C(=O)NC(=O)NC1=O. The van der Waals surface area contributed by atoms with Crippen LogP contribution in [-0.4, -0.2) is 49.2 Å². The van der Waals surface area contributed by atoms with Crippen molar-refractivity contribution in [3.8, 4) is 0 Å². The van der Waals surface area contributed by atoms with Gasteiger partial charge in [0, 0.05) is 11.8 Å². The van der Waals surface area contributed by atoms with Crippen molar-refractivity contribution in [1.29, 1.82) is 0 Å². The van der Waals surface area contributed by atoms with E-state index in [0.717, 1.165) is 32.5 Å². The van der Waals surface area contributed by atoms with Crippen LogP contribution >= 0.6 is 0 Å². The van der Waals surface area contributed by atoms with Crippen LogP contribution in [0.5, 0.6) is 0 Å². The Bertz CT molecular complexity index is 452. The second-order valence-electron chi connectivity index (χ2n) is 5.91. The van der Waals surface area contributed by atoms with Crippen molar-refractivity contribution in [3.05, 3.63) is 0 Å². The van der Waals surface area contributed by atoms with Crippen LogP contribution < -0.4 is 15.5 Å². The molecule has 0 aromatic heterocycles. The van der Waals surface area contributed by atoms with Crippen molar-refractivity contribution in [2.45, 2.75) is 53.0 Å². The van der Waals surface area contributed by atoms with Crippen LogP contribution in [0.4, 0.5) is 4.79 Å². The molecule has 7 nitrogen and oxygen atoms in total. The predicted molar refractivity (Wildman–Crippen MR) is 88.5 cm³/mol. The third-order valence-corrected chi connectivity index (χ3v) is 4.23. The van der Waals surface area contributed by atoms with Crippen LogP contribution in [0.1, 0.15) is 47.0 Å². The Kier molecular flexibility index (Phi) is 7.88. The second-order valence-corrected chi connectivity index (χ2v) is 5.91. The summed E-state index contributed by atoms with van der Waals surface area (Å²) in [5, 5.41) is 4.25. The van der Waals surface area contributed by atoms with Gasteiger partial charge in [0.2, 0.25) is 11.8 Å². The molecule has 1 fully saturated rings. The molecule has 3 N–H and O–H groups in total. The van der Waals surface area contributed by atoms with Gasteiger partial charge in [0.05, 0.1) is 19.6 Å². The third-order valence-electron chi connectivity index (χ3n) is 4.23. The number of nitrogens with one attached hydrogen (secondary N) is 3. The van der Waals surface area contributed by atoms with E-state index >= 15 is 0 Å². The quantitative estimate of drug-likeness (QED) is 0.409. The van der Waals surface area contributed by atoms with Crippen molar-refractivity contribution in [1.82, 2.24) is 10.6 Å². The minimum atomic E-state index is -0.992. The van der Waals surface area contributed by atoms with Gasteiger partial charge in [-0.3, -0.25) is 25.2 Å². The highest BCUT2D eigenvalue weighted by atomic mass is 16.2. The molecule has 1 atom stereocenters. The highest BCUT2D eigenvalue weighted by molar-refractivity contribution is 6.27. The first-order valence-corrected chi connectivity index (χ1v) is 8.48. The molecule has 0 aromatic carbocycles. The van der Waals surface area contributed by atoms with Gasteiger partial charge in [0.1, 0.15) is 0 Å². The fourth-order valence-electron chi connectivity index (χ4n) is 2.79. The third kappa shape index (κ3) is 5.74. The van der Waals surface area contributed by atoms with Gasteiger partial charge in [-0.25, -0.2) is 4.79 Å². The summed E-state index contributed by atoms with van der Waals surface area (Å²) < 4.78 is 0. The van der Waals surface area contributed by atoms with E-state index in [1.165, 1.54) is 0 Å². The summed E-state index contributed by atoms with van der Waals surface area (Å²) in [6, 6.07) is -0.708. The highest BCUT2D eigenvalue weighted by Gasteiger charge is 2.37. The molecular formula is C16H29N4O3+.